The monoisotopic (exact) mass is 605 g/mol. The van der Waals surface area contributed by atoms with Crippen LogP contribution < -0.4 is 9.47 Å². The second kappa shape index (κ2) is 14.3. The van der Waals surface area contributed by atoms with Gasteiger partial charge in [-0.25, -0.2) is 0 Å². The number of unbranched alkanes of at least 4 members (excludes halogenated alkanes) is 14. The zero-order valence-corrected chi connectivity index (χ0v) is 27.7. The van der Waals surface area contributed by atoms with Gasteiger partial charge in [0.2, 0.25) is 0 Å². The highest BCUT2D eigenvalue weighted by Crippen LogP contribution is 2.66. The highest BCUT2D eigenvalue weighted by Gasteiger charge is 2.72. The minimum absolute atomic E-state index is 0.119. The molecule has 1 unspecified atom stereocenters. The number of rotatable bonds is 19. The molecule has 44 heavy (non-hydrogen) atoms. The van der Waals surface area contributed by atoms with Gasteiger partial charge in [-0.05, 0) is 74.6 Å². The van der Waals surface area contributed by atoms with Crippen molar-refractivity contribution in [3.63, 3.8) is 0 Å². The molecular weight excluding hydrogens is 546 g/mol. The molecule has 1 spiro atoms. The highest BCUT2D eigenvalue weighted by molar-refractivity contribution is 5.75. The molecule has 1 aromatic rings. The van der Waals surface area contributed by atoms with Gasteiger partial charge in [-0.3, -0.25) is 9.69 Å². The fourth-order valence-electron chi connectivity index (χ4n) is 9.28. The minimum Gasteiger partial charge on any atom is -0.481 e. The van der Waals surface area contributed by atoms with Crippen molar-refractivity contribution in [1.82, 2.24) is 4.90 Å². The molecular formula is C39H59NO4. The lowest BCUT2D eigenvalue weighted by Gasteiger charge is -2.63. The van der Waals surface area contributed by atoms with E-state index >= 15 is 0 Å². The van der Waals surface area contributed by atoms with Gasteiger partial charge in [-0.2, -0.15) is 0 Å². The van der Waals surface area contributed by atoms with E-state index in [0.29, 0.717) is 17.9 Å². The number of aliphatic hydroxyl groups is 1. The molecule has 5 heteroatoms. The van der Waals surface area contributed by atoms with Crippen molar-refractivity contribution < 1.29 is 19.4 Å². The molecule has 4 atom stereocenters. The van der Waals surface area contributed by atoms with Crippen LogP contribution in [0.25, 0.3) is 0 Å². The molecule has 0 amide bonds. The van der Waals surface area contributed by atoms with Crippen molar-refractivity contribution in [3.05, 3.63) is 35.4 Å². The Morgan fingerprint density at radius 1 is 0.955 bits per heavy atom. The molecule has 1 saturated heterocycles. The predicted octanol–water partition coefficient (Wildman–Crippen LogP) is 8.97. The minimum atomic E-state index is -0.833. The Hall–Kier alpha value is -1.85. The van der Waals surface area contributed by atoms with Crippen molar-refractivity contribution in [2.45, 2.75) is 171 Å². The Morgan fingerprint density at radius 2 is 1.59 bits per heavy atom. The number of carbonyl (C=O) groups is 1. The van der Waals surface area contributed by atoms with Crippen molar-refractivity contribution >= 4 is 5.97 Å². The zero-order valence-electron chi connectivity index (χ0n) is 27.7. The molecule has 1 aromatic carbocycles. The molecule has 244 valence electrons. The summed E-state index contributed by atoms with van der Waals surface area (Å²) < 4.78 is 12.7. The number of nitrogens with zero attached hydrogens (tertiary/aromatic N) is 1. The Balaban J connectivity index is 0.959. The van der Waals surface area contributed by atoms with E-state index in [2.05, 4.69) is 24.5 Å². The summed E-state index contributed by atoms with van der Waals surface area (Å²) in [5.41, 5.74) is 2.14. The van der Waals surface area contributed by atoms with E-state index < -0.39 is 11.0 Å². The number of carbonyl (C=O) groups excluding carboxylic acids is 1. The van der Waals surface area contributed by atoms with Crippen molar-refractivity contribution in [3.8, 4) is 11.5 Å². The Morgan fingerprint density at radius 3 is 2.23 bits per heavy atom. The molecule has 1 N–H and O–H groups in total. The molecule has 5 aliphatic rings. The molecule has 2 aliphatic heterocycles. The van der Waals surface area contributed by atoms with E-state index in [1.54, 1.807) is 0 Å². The third-order valence-corrected chi connectivity index (χ3v) is 11.9. The smallest absolute Gasteiger partial charge is 0.311 e. The largest absolute Gasteiger partial charge is 0.481 e. The fraction of sp³-hybridized carbons (Fsp3) is 0.769. The SMILES string of the molecule is C=C1CC[C@@]2(O)C3Cc4ccc(OC(=O)CCCCCCCCCCCCCCCCC)c5c4[C@@]2(CCN3CC2CC2)[C@H]1O5. The van der Waals surface area contributed by atoms with E-state index in [9.17, 15) is 9.90 Å². The summed E-state index contributed by atoms with van der Waals surface area (Å²) in [7, 11) is 0. The molecule has 2 heterocycles. The first kappa shape index (κ1) is 32.1. The first-order chi connectivity index (χ1) is 21.5. The fourth-order valence-corrected chi connectivity index (χ4v) is 9.28. The lowest BCUT2D eigenvalue weighted by Crippen LogP contribution is -2.75. The Kier molecular flexibility index (Phi) is 10.4. The lowest BCUT2D eigenvalue weighted by molar-refractivity contribution is -0.174. The summed E-state index contributed by atoms with van der Waals surface area (Å²) in [6.07, 6.45) is 25.7. The van der Waals surface area contributed by atoms with Crippen molar-refractivity contribution in [2.75, 3.05) is 13.1 Å². The maximum absolute atomic E-state index is 13.0. The second-order valence-electron chi connectivity index (χ2n) is 15.1. The van der Waals surface area contributed by atoms with Crippen LogP contribution in [0.4, 0.5) is 0 Å². The third kappa shape index (κ3) is 6.39. The van der Waals surface area contributed by atoms with E-state index in [1.807, 2.05) is 6.07 Å². The molecule has 3 fully saturated rings. The van der Waals surface area contributed by atoms with Gasteiger partial charge in [0.15, 0.2) is 11.5 Å². The maximum atomic E-state index is 13.0. The molecule has 2 bridgehead atoms. The molecule has 3 aliphatic carbocycles. The average Bonchev–Trinajstić information content (AvgIpc) is 3.76. The van der Waals surface area contributed by atoms with Gasteiger partial charge in [-0.1, -0.05) is 109 Å². The lowest BCUT2D eigenvalue weighted by atomic mass is 9.48. The van der Waals surface area contributed by atoms with Gasteiger partial charge < -0.3 is 14.6 Å². The van der Waals surface area contributed by atoms with Crippen molar-refractivity contribution in [2.24, 2.45) is 5.92 Å². The average molecular weight is 606 g/mol. The number of hydrogen-bond acceptors (Lipinski definition) is 5. The number of hydrogen-bond donors (Lipinski definition) is 1. The maximum Gasteiger partial charge on any atom is 0.311 e. The van der Waals surface area contributed by atoms with E-state index in [1.165, 1.54) is 102 Å². The van der Waals surface area contributed by atoms with Gasteiger partial charge >= 0.3 is 5.97 Å². The van der Waals surface area contributed by atoms with Gasteiger partial charge in [0.1, 0.15) is 6.10 Å². The van der Waals surface area contributed by atoms with Crippen LogP contribution in [0.1, 0.15) is 153 Å². The van der Waals surface area contributed by atoms with Gasteiger partial charge in [0.05, 0.1) is 11.0 Å². The summed E-state index contributed by atoms with van der Waals surface area (Å²) >= 11 is 0. The van der Waals surface area contributed by atoms with Gasteiger partial charge in [-0.15, -0.1) is 0 Å². The molecule has 0 aromatic heterocycles. The number of esters is 1. The summed E-state index contributed by atoms with van der Waals surface area (Å²) in [5, 5.41) is 12.5. The number of piperidine rings is 1. The van der Waals surface area contributed by atoms with Crippen molar-refractivity contribution in [1.29, 1.82) is 0 Å². The molecule has 5 nitrogen and oxygen atoms in total. The van der Waals surface area contributed by atoms with E-state index in [4.69, 9.17) is 9.47 Å². The van der Waals surface area contributed by atoms with Crippen LogP contribution >= 0.6 is 0 Å². The number of benzene rings is 1. The van der Waals surface area contributed by atoms with Gasteiger partial charge in [0, 0.05) is 24.6 Å². The zero-order chi connectivity index (χ0) is 30.6. The number of ether oxygens (including phenoxy) is 2. The number of likely N-dealkylation sites (tertiary alicyclic amines) is 1. The van der Waals surface area contributed by atoms with Crippen LogP contribution in [0.15, 0.2) is 24.3 Å². The van der Waals surface area contributed by atoms with Crippen LogP contribution in [-0.2, 0) is 16.6 Å². The normalized spacial score (nSPS) is 28.5. The molecule has 6 rings (SSSR count). The standard InChI is InChI=1S/C39H59NO4/c1-3-4-5-6-7-8-9-10-11-12-13-14-15-16-17-18-34(41)43-32-22-21-31-27-33-39(42)24-23-29(2)37-38(39,35(31)36(32)44-37)25-26-40(33)28-30-19-20-30/h21-22,30,33,37,42H,2-20,23-28H2,1H3/t33?,37-,38-,39+/m0/s1. The highest BCUT2D eigenvalue weighted by atomic mass is 16.6. The Labute approximate surface area is 267 Å². The topological polar surface area (TPSA) is 59.0 Å². The van der Waals surface area contributed by atoms with Crippen LogP contribution in [0.5, 0.6) is 11.5 Å². The summed E-state index contributed by atoms with van der Waals surface area (Å²) in [5.74, 6) is 1.86. The van der Waals surface area contributed by atoms with Crippen LogP contribution in [0, 0.1) is 5.92 Å². The predicted molar refractivity (Wildman–Crippen MR) is 177 cm³/mol. The van der Waals surface area contributed by atoms with Crippen LogP contribution in [-0.4, -0.2) is 46.8 Å². The van der Waals surface area contributed by atoms with Gasteiger partial charge in [0.25, 0.3) is 0 Å². The third-order valence-electron chi connectivity index (χ3n) is 11.9. The summed E-state index contributed by atoms with van der Waals surface area (Å²) in [6.45, 7) is 8.79. The van der Waals surface area contributed by atoms with Crippen LogP contribution in [0.3, 0.4) is 0 Å². The van der Waals surface area contributed by atoms with E-state index in [-0.39, 0.29) is 18.1 Å². The Bertz CT molecular complexity index is 1160. The first-order valence-corrected chi connectivity index (χ1v) is 18.7. The van der Waals surface area contributed by atoms with Crippen LogP contribution in [0.2, 0.25) is 0 Å². The second-order valence-corrected chi connectivity index (χ2v) is 15.1. The molecule has 0 radical (unpaired) electrons. The summed E-state index contributed by atoms with van der Waals surface area (Å²) in [4.78, 5) is 15.5. The summed E-state index contributed by atoms with van der Waals surface area (Å²) in [6, 6.07) is 4.21. The van der Waals surface area contributed by atoms with E-state index in [0.717, 1.165) is 68.7 Å². The molecule has 2 saturated carbocycles. The first-order valence-electron chi connectivity index (χ1n) is 18.7. The quantitative estimate of drug-likeness (QED) is 0.0738.